The van der Waals surface area contributed by atoms with Gasteiger partial charge >= 0.3 is 0 Å². The summed E-state index contributed by atoms with van der Waals surface area (Å²) in [6.07, 6.45) is 11.1. The minimum absolute atomic E-state index is 0.0388. The summed E-state index contributed by atoms with van der Waals surface area (Å²) >= 11 is 0. The molecular weight excluding hydrogens is 488 g/mol. The lowest BCUT2D eigenvalue weighted by molar-refractivity contribution is 0.111. The molecule has 2 heteroatoms. The van der Waals surface area contributed by atoms with Gasteiger partial charge in [0, 0.05) is 0 Å². The van der Waals surface area contributed by atoms with Gasteiger partial charge in [0.1, 0.15) is 5.75 Å². The number of carbonyl (C=O) groups is 1. The highest BCUT2D eigenvalue weighted by molar-refractivity contribution is 5.99. The molecule has 0 heterocycles. The van der Waals surface area contributed by atoms with E-state index in [1.165, 1.54) is 32.9 Å². The maximum atomic E-state index is 11.7. The molecule has 206 valence electrons. The van der Waals surface area contributed by atoms with E-state index >= 15 is 0 Å². The standard InChI is InChI=1S/C28H34O2.C10H8/c1-6-7-8-13-30-25-15-24-19(14-20(25)18-29)9-10-23-22-11-12-27(2,3)16-21(22)17-28(4,5)26(23)24;1-2-6-10-8-4-3-7-9(10)5-1/h9-12,14-15,18H,6-8,13,16-17H2,1-5H3;1-8H. The average molecular weight is 531 g/mol. The first-order chi connectivity index (χ1) is 19.2. The maximum absolute atomic E-state index is 11.7. The molecular formula is C38H42O2. The van der Waals surface area contributed by atoms with Crippen LogP contribution in [-0.2, 0) is 5.41 Å². The van der Waals surface area contributed by atoms with Crippen molar-refractivity contribution >= 4 is 33.4 Å². The molecule has 0 radical (unpaired) electrons. The summed E-state index contributed by atoms with van der Waals surface area (Å²) in [5.74, 6) is 0.720. The lowest BCUT2D eigenvalue weighted by atomic mass is 9.64. The number of benzene rings is 4. The van der Waals surface area contributed by atoms with Crippen LogP contribution in [0.5, 0.6) is 5.75 Å². The molecule has 4 aromatic carbocycles. The van der Waals surface area contributed by atoms with Crippen LogP contribution < -0.4 is 4.74 Å². The van der Waals surface area contributed by atoms with Crippen LogP contribution in [0.1, 0.15) is 88.2 Å². The highest BCUT2D eigenvalue weighted by Gasteiger charge is 2.36. The molecule has 0 aliphatic heterocycles. The van der Waals surface area contributed by atoms with E-state index in [2.05, 4.69) is 114 Å². The Hall–Kier alpha value is -3.65. The van der Waals surface area contributed by atoms with E-state index in [0.717, 1.165) is 49.5 Å². The zero-order valence-corrected chi connectivity index (χ0v) is 24.7. The first kappa shape index (κ1) is 27.9. The van der Waals surface area contributed by atoms with Crippen LogP contribution in [0.15, 0.2) is 90.5 Å². The molecule has 0 aromatic heterocycles. The molecule has 0 bridgehead atoms. The number of allylic oxidation sites excluding steroid dienone is 4. The van der Waals surface area contributed by atoms with Gasteiger partial charge in [0.15, 0.2) is 6.29 Å². The SMILES string of the molecule is CCCCCOc1cc2c3c(ccc2cc1C=O)C1=C(CC(C)(C)C=C1)CC3(C)C.c1ccc2ccccc2c1. The van der Waals surface area contributed by atoms with E-state index in [9.17, 15) is 4.79 Å². The number of hydrogen-bond donors (Lipinski definition) is 0. The van der Waals surface area contributed by atoms with Crippen molar-refractivity contribution in [1.82, 2.24) is 0 Å². The van der Waals surface area contributed by atoms with Crippen molar-refractivity contribution in [3.8, 4) is 5.75 Å². The van der Waals surface area contributed by atoms with E-state index in [1.807, 2.05) is 6.07 Å². The molecule has 40 heavy (non-hydrogen) atoms. The van der Waals surface area contributed by atoms with E-state index < -0.39 is 0 Å². The highest BCUT2D eigenvalue weighted by atomic mass is 16.5. The Morgan fingerprint density at radius 1 is 0.825 bits per heavy atom. The van der Waals surface area contributed by atoms with Gasteiger partial charge in [-0.3, -0.25) is 4.79 Å². The normalized spacial score (nSPS) is 16.6. The number of rotatable bonds is 6. The van der Waals surface area contributed by atoms with Crippen molar-refractivity contribution in [3.63, 3.8) is 0 Å². The van der Waals surface area contributed by atoms with Gasteiger partial charge in [-0.05, 0) is 80.5 Å². The van der Waals surface area contributed by atoms with Gasteiger partial charge in [0.25, 0.3) is 0 Å². The third kappa shape index (κ3) is 5.77. The minimum atomic E-state index is 0.0388. The summed E-state index contributed by atoms with van der Waals surface area (Å²) in [4.78, 5) is 11.7. The Morgan fingerprint density at radius 2 is 1.50 bits per heavy atom. The predicted molar refractivity (Wildman–Crippen MR) is 170 cm³/mol. The maximum Gasteiger partial charge on any atom is 0.153 e. The van der Waals surface area contributed by atoms with Gasteiger partial charge in [0.05, 0.1) is 12.2 Å². The summed E-state index contributed by atoms with van der Waals surface area (Å²) in [6.45, 7) is 12.2. The number of hydrogen-bond acceptors (Lipinski definition) is 2. The molecule has 0 amide bonds. The first-order valence-electron chi connectivity index (χ1n) is 14.8. The van der Waals surface area contributed by atoms with Crippen LogP contribution in [0.4, 0.5) is 0 Å². The molecule has 0 saturated heterocycles. The topological polar surface area (TPSA) is 26.3 Å². The first-order valence-corrected chi connectivity index (χ1v) is 14.8. The predicted octanol–water partition coefficient (Wildman–Crippen LogP) is 10.5. The molecule has 2 aliphatic rings. The van der Waals surface area contributed by atoms with E-state index in [4.69, 9.17) is 4.74 Å². The van der Waals surface area contributed by atoms with Crippen LogP contribution in [0, 0.1) is 5.41 Å². The summed E-state index contributed by atoms with van der Waals surface area (Å²) in [7, 11) is 0. The zero-order valence-electron chi connectivity index (χ0n) is 24.7. The Kier molecular flexibility index (Phi) is 7.99. The van der Waals surface area contributed by atoms with E-state index in [-0.39, 0.29) is 10.8 Å². The fourth-order valence-corrected chi connectivity index (χ4v) is 6.40. The minimum Gasteiger partial charge on any atom is -0.493 e. The fourth-order valence-electron chi connectivity index (χ4n) is 6.40. The smallest absolute Gasteiger partial charge is 0.153 e. The van der Waals surface area contributed by atoms with Crippen molar-refractivity contribution < 1.29 is 9.53 Å². The monoisotopic (exact) mass is 530 g/mol. The summed E-state index contributed by atoms with van der Waals surface area (Å²) in [6, 6.07) is 25.3. The van der Waals surface area contributed by atoms with Crippen molar-refractivity contribution in [2.24, 2.45) is 5.41 Å². The van der Waals surface area contributed by atoms with Crippen molar-refractivity contribution in [3.05, 3.63) is 107 Å². The average Bonchev–Trinajstić information content (AvgIpc) is 2.94. The highest BCUT2D eigenvalue weighted by Crippen LogP contribution is 2.51. The van der Waals surface area contributed by atoms with Crippen molar-refractivity contribution in [2.75, 3.05) is 6.61 Å². The molecule has 4 aromatic rings. The third-order valence-electron chi connectivity index (χ3n) is 8.31. The summed E-state index contributed by atoms with van der Waals surface area (Å²) in [5, 5.41) is 4.96. The Labute approximate surface area is 239 Å². The van der Waals surface area contributed by atoms with Gasteiger partial charge in [-0.1, -0.05) is 126 Å². The number of unbranched alkanes of at least 4 members (excludes halogenated alkanes) is 2. The van der Waals surface area contributed by atoms with Crippen LogP contribution in [0.3, 0.4) is 0 Å². The van der Waals surface area contributed by atoms with Gasteiger partial charge in [-0.2, -0.15) is 0 Å². The molecule has 0 fully saturated rings. The quantitative estimate of drug-likeness (QED) is 0.183. The second kappa shape index (κ2) is 11.5. The van der Waals surface area contributed by atoms with Crippen molar-refractivity contribution in [2.45, 2.75) is 72.1 Å². The van der Waals surface area contributed by atoms with Gasteiger partial charge in [-0.15, -0.1) is 0 Å². The number of fused-ring (bicyclic) bond motifs is 5. The molecule has 0 spiro atoms. The van der Waals surface area contributed by atoms with Crippen molar-refractivity contribution in [1.29, 1.82) is 0 Å². The van der Waals surface area contributed by atoms with E-state index in [1.54, 1.807) is 5.57 Å². The number of carbonyl (C=O) groups excluding carboxylic acids is 1. The number of aldehydes is 1. The Morgan fingerprint density at radius 3 is 2.12 bits per heavy atom. The molecule has 0 unspecified atom stereocenters. The molecule has 0 saturated carbocycles. The molecule has 2 aliphatic carbocycles. The van der Waals surface area contributed by atoms with E-state index in [0.29, 0.717) is 12.2 Å². The van der Waals surface area contributed by atoms with Gasteiger partial charge in [0.2, 0.25) is 0 Å². The zero-order chi connectivity index (χ0) is 28.3. The second-order valence-corrected chi connectivity index (χ2v) is 12.7. The lowest BCUT2D eigenvalue weighted by Crippen LogP contribution is -2.28. The molecule has 6 rings (SSSR count). The molecule has 0 N–H and O–H groups in total. The second-order valence-electron chi connectivity index (χ2n) is 12.7. The fraction of sp³-hybridized carbons (Fsp3) is 0.342. The van der Waals surface area contributed by atoms with Crippen LogP contribution in [0.25, 0.3) is 27.1 Å². The van der Waals surface area contributed by atoms with Crippen LogP contribution in [-0.4, -0.2) is 12.9 Å². The van der Waals surface area contributed by atoms with Gasteiger partial charge < -0.3 is 4.74 Å². The Balaban J connectivity index is 0.000000269. The summed E-state index contributed by atoms with van der Waals surface area (Å²) < 4.78 is 6.07. The lowest BCUT2D eigenvalue weighted by Gasteiger charge is -2.40. The molecule has 2 nitrogen and oxygen atoms in total. The van der Waals surface area contributed by atoms with Gasteiger partial charge in [-0.25, -0.2) is 0 Å². The molecule has 0 atom stereocenters. The van der Waals surface area contributed by atoms with Crippen LogP contribution in [0.2, 0.25) is 0 Å². The largest absolute Gasteiger partial charge is 0.493 e. The Bertz CT molecular complexity index is 1530. The number of ether oxygens (including phenoxy) is 1. The van der Waals surface area contributed by atoms with Crippen LogP contribution >= 0.6 is 0 Å². The third-order valence-corrected chi connectivity index (χ3v) is 8.31. The summed E-state index contributed by atoms with van der Waals surface area (Å²) in [5.41, 5.74) is 6.61.